The Morgan fingerprint density at radius 2 is 2.27 bits per heavy atom. The van der Waals surface area contributed by atoms with Crippen molar-refractivity contribution >= 4 is 5.82 Å². The molecule has 1 saturated heterocycles. The highest BCUT2D eigenvalue weighted by Crippen LogP contribution is 2.02. The summed E-state index contributed by atoms with van der Waals surface area (Å²) in [6, 6.07) is 2.00. The van der Waals surface area contributed by atoms with Crippen LogP contribution >= 0.6 is 0 Å². The van der Waals surface area contributed by atoms with Gasteiger partial charge in [0.25, 0.3) is 0 Å². The zero-order valence-electron chi connectivity index (χ0n) is 9.24. The van der Waals surface area contributed by atoms with Crippen LogP contribution in [0.1, 0.15) is 0 Å². The molecule has 5 heteroatoms. The number of aromatic nitrogens is 2. The van der Waals surface area contributed by atoms with Crippen molar-refractivity contribution in [3.05, 3.63) is 12.3 Å². The predicted octanol–water partition coefficient (Wildman–Crippen LogP) is -0.263. The molecule has 1 aromatic heterocycles. The maximum absolute atomic E-state index is 4.11. The smallest absolute Gasteiger partial charge is 0.123 e. The van der Waals surface area contributed by atoms with Crippen molar-refractivity contribution in [3.8, 4) is 0 Å². The Hall–Kier alpha value is -1.07. The van der Waals surface area contributed by atoms with Crippen LogP contribution in [-0.4, -0.2) is 53.9 Å². The lowest BCUT2D eigenvalue weighted by molar-refractivity contribution is 0.249. The highest BCUT2D eigenvalue weighted by Gasteiger charge is 2.08. The molecule has 0 unspecified atom stereocenters. The lowest BCUT2D eigenvalue weighted by Crippen LogP contribution is -2.45. The molecule has 0 bridgehead atoms. The molecule has 5 nitrogen and oxygen atoms in total. The van der Waals surface area contributed by atoms with Gasteiger partial charge in [-0.15, -0.1) is 0 Å². The molecule has 0 aliphatic carbocycles. The van der Waals surface area contributed by atoms with E-state index in [9.17, 15) is 0 Å². The summed E-state index contributed by atoms with van der Waals surface area (Å²) in [5, 5.41) is 10.8. The lowest BCUT2D eigenvalue weighted by Gasteiger charge is -2.27. The van der Waals surface area contributed by atoms with Crippen molar-refractivity contribution in [1.29, 1.82) is 0 Å². The van der Waals surface area contributed by atoms with Crippen LogP contribution in [0, 0.1) is 0 Å². The molecular formula is C10H19N5. The van der Waals surface area contributed by atoms with Crippen LogP contribution in [-0.2, 0) is 7.05 Å². The standard InChI is InChI=1S/C10H19N5/c1-14-10(2-3-13-14)12-6-9-15-7-4-11-5-8-15/h2-3,11-12H,4-9H2,1H3. The first-order valence-corrected chi connectivity index (χ1v) is 5.51. The minimum Gasteiger partial charge on any atom is -0.369 e. The Kier molecular flexibility index (Phi) is 3.58. The molecule has 0 spiro atoms. The van der Waals surface area contributed by atoms with Crippen molar-refractivity contribution in [3.63, 3.8) is 0 Å². The van der Waals surface area contributed by atoms with E-state index in [4.69, 9.17) is 0 Å². The summed E-state index contributed by atoms with van der Waals surface area (Å²) in [6.07, 6.45) is 1.81. The largest absolute Gasteiger partial charge is 0.369 e. The first-order chi connectivity index (χ1) is 7.36. The predicted molar refractivity (Wildman–Crippen MR) is 61.0 cm³/mol. The summed E-state index contributed by atoms with van der Waals surface area (Å²) in [5.74, 6) is 1.09. The third-order valence-electron chi connectivity index (χ3n) is 2.76. The van der Waals surface area contributed by atoms with Crippen LogP contribution in [0.15, 0.2) is 12.3 Å². The maximum atomic E-state index is 4.11. The van der Waals surface area contributed by atoms with E-state index in [1.165, 1.54) is 0 Å². The normalized spacial score (nSPS) is 17.9. The molecule has 0 amide bonds. The van der Waals surface area contributed by atoms with E-state index in [0.29, 0.717) is 0 Å². The molecule has 0 radical (unpaired) electrons. The van der Waals surface area contributed by atoms with Crippen molar-refractivity contribution in [2.45, 2.75) is 0 Å². The van der Waals surface area contributed by atoms with Crippen LogP contribution in [0.5, 0.6) is 0 Å². The Balaban J connectivity index is 1.68. The Labute approximate surface area is 90.4 Å². The molecule has 2 rings (SSSR count). The minimum atomic E-state index is 0.986. The van der Waals surface area contributed by atoms with Crippen LogP contribution < -0.4 is 10.6 Å². The molecule has 0 aromatic carbocycles. The summed E-state index contributed by atoms with van der Waals surface area (Å²) in [5.41, 5.74) is 0. The Morgan fingerprint density at radius 3 is 2.93 bits per heavy atom. The number of aryl methyl sites for hydroxylation is 1. The minimum absolute atomic E-state index is 0.986. The summed E-state index contributed by atoms with van der Waals surface area (Å²) < 4.78 is 1.86. The zero-order valence-corrected chi connectivity index (χ0v) is 9.24. The topological polar surface area (TPSA) is 45.1 Å². The molecular weight excluding hydrogens is 190 g/mol. The van der Waals surface area contributed by atoms with E-state index in [2.05, 4.69) is 20.6 Å². The molecule has 15 heavy (non-hydrogen) atoms. The quantitative estimate of drug-likeness (QED) is 0.717. The first kappa shape index (κ1) is 10.4. The van der Waals surface area contributed by atoms with E-state index < -0.39 is 0 Å². The maximum Gasteiger partial charge on any atom is 0.123 e. The fraction of sp³-hybridized carbons (Fsp3) is 0.700. The second-order valence-corrected chi connectivity index (χ2v) is 3.86. The van der Waals surface area contributed by atoms with Crippen LogP contribution in [0.2, 0.25) is 0 Å². The second kappa shape index (κ2) is 5.14. The van der Waals surface area contributed by atoms with Crippen LogP contribution in [0.3, 0.4) is 0 Å². The molecule has 1 fully saturated rings. The molecule has 0 saturated carbocycles. The van der Waals surface area contributed by atoms with Crippen LogP contribution in [0.4, 0.5) is 5.82 Å². The molecule has 0 atom stereocenters. The summed E-state index contributed by atoms with van der Waals surface area (Å²) in [4.78, 5) is 2.47. The van der Waals surface area contributed by atoms with Crippen LogP contribution in [0.25, 0.3) is 0 Å². The third-order valence-corrected chi connectivity index (χ3v) is 2.76. The SMILES string of the molecule is Cn1nccc1NCCN1CCNCC1. The zero-order chi connectivity index (χ0) is 10.5. The van der Waals surface area contributed by atoms with Gasteiger partial charge in [0.05, 0.1) is 6.20 Å². The van der Waals surface area contributed by atoms with Gasteiger partial charge < -0.3 is 10.6 Å². The highest BCUT2D eigenvalue weighted by molar-refractivity contribution is 5.33. The van der Waals surface area contributed by atoms with E-state index in [0.717, 1.165) is 45.1 Å². The average molecular weight is 209 g/mol. The van der Waals surface area contributed by atoms with Gasteiger partial charge in [-0.25, -0.2) is 0 Å². The summed E-state index contributed by atoms with van der Waals surface area (Å²) in [7, 11) is 1.95. The van der Waals surface area contributed by atoms with Gasteiger partial charge in [-0.1, -0.05) is 0 Å². The average Bonchev–Trinajstić information content (AvgIpc) is 2.66. The van der Waals surface area contributed by atoms with E-state index in [-0.39, 0.29) is 0 Å². The van der Waals surface area contributed by atoms with Gasteiger partial charge in [0.2, 0.25) is 0 Å². The number of anilines is 1. The first-order valence-electron chi connectivity index (χ1n) is 5.51. The van der Waals surface area contributed by atoms with E-state index in [1.807, 2.05) is 24.0 Å². The second-order valence-electron chi connectivity index (χ2n) is 3.86. The molecule has 2 N–H and O–H groups in total. The number of rotatable bonds is 4. The number of piperazine rings is 1. The number of hydrogen-bond acceptors (Lipinski definition) is 4. The van der Waals surface area contributed by atoms with Gasteiger partial charge >= 0.3 is 0 Å². The fourth-order valence-corrected chi connectivity index (χ4v) is 1.82. The van der Waals surface area contributed by atoms with E-state index in [1.54, 1.807) is 0 Å². The van der Waals surface area contributed by atoms with Gasteiger partial charge in [-0.2, -0.15) is 5.10 Å². The molecule has 2 heterocycles. The highest BCUT2D eigenvalue weighted by atomic mass is 15.3. The van der Waals surface area contributed by atoms with Crippen molar-refractivity contribution in [2.75, 3.05) is 44.6 Å². The number of nitrogens with one attached hydrogen (secondary N) is 2. The van der Waals surface area contributed by atoms with Gasteiger partial charge in [0.1, 0.15) is 5.82 Å². The Bertz CT molecular complexity index is 290. The molecule has 1 aliphatic rings. The van der Waals surface area contributed by atoms with Gasteiger partial charge in [0, 0.05) is 52.4 Å². The fourth-order valence-electron chi connectivity index (χ4n) is 1.82. The van der Waals surface area contributed by atoms with Crippen molar-refractivity contribution in [2.24, 2.45) is 7.05 Å². The van der Waals surface area contributed by atoms with Crippen molar-refractivity contribution in [1.82, 2.24) is 20.0 Å². The summed E-state index contributed by atoms with van der Waals surface area (Å²) >= 11 is 0. The van der Waals surface area contributed by atoms with Gasteiger partial charge in [-0.05, 0) is 0 Å². The third kappa shape index (κ3) is 2.94. The molecule has 1 aromatic rings. The van der Waals surface area contributed by atoms with Gasteiger partial charge in [-0.3, -0.25) is 9.58 Å². The molecule has 1 aliphatic heterocycles. The molecule has 84 valence electrons. The number of hydrogen-bond donors (Lipinski definition) is 2. The van der Waals surface area contributed by atoms with Crippen molar-refractivity contribution < 1.29 is 0 Å². The number of nitrogens with zero attached hydrogens (tertiary/aromatic N) is 3. The summed E-state index contributed by atoms with van der Waals surface area (Å²) in [6.45, 7) is 6.64. The van der Waals surface area contributed by atoms with Gasteiger partial charge in [0.15, 0.2) is 0 Å². The Morgan fingerprint density at radius 1 is 1.47 bits per heavy atom. The van der Waals surface area contributed by atoms with E-state index >= 15 is 0 Å². The monoisotopic (exact) mass is 209 g/mol. The lowest BCUT2D eigenvalue weighted by atomic mass is 10.3.